The number of carbonyl (C=O) groups excluding carboxylic acids is 1. The summed E-state index contributed by atoms with van der Waals surface area (Å²) in [6.07, 6.45) is 1.68. The summed E-state index contributed by atoms with van der Waals surface area (Å²) in [6, 6.07) is 13.5. The molecule has 0 saturated heterocycles. The van der Waals surface area contributed by atoms with Crippen molar-refractivity contribution < 1.29 is 9.53 Å². The van der Waals surface area contributed by atoms with Crippen molar-refractivity contribution >= 4 is 5.91 Å². The molecule has 0 aliphatic rings. The van der Waals surface area contributed by atoms with Crippen LogP contribution in [-0.4, -0.2) is 17.5 Å². The Hall–Kier alpha value is -2.36. The third kappa shape index (κ3) is 3.64. The Kier molecular flexibility index (Phi) is 5.15. The van der Waals surface area contributed by atoms with Crippen LogP contribution in [0.2, 0.25) is 0 Å². The number of pyridine rings is 1. The molecule has 0 saturated carbocycles. The topological polar surface area (TPSA) is 51.2 Å². The first-order valence-electron chi connectivity index (χ1n) is 7.46. The number of aromatic nitrogens is 1. The average Bonchev–Trinajstić information content (AvgIpc) is 2.55. The van der Waals surface area contributed by atoms with Gasteiger partial charge in [-0.2, -0.15) is 0 Å². The Bertz CT molecular complexity index is 624. The molecule has 2 aromatic rings. The molecule has 1 aromatic heterocycles. The third-order valence-corrected chi connectivity index (χ3v) is 3.63. The summed E-state index contributed by atoms with van der Waals surface area (Å²) in [5.74, 6) is 0.549. The van der Waals surface area contributed by atoms with Crippen molar-refractivity contribution in [2.45, 2.75) is 32.7 Å². The van der Waals surface area contributed by atoms with Gasteiger partial charge < -0.3 is 10.1 Å². The molecule has 0 spiro atoms. The first-order valence-corrected chi connectivity index (χ1v) is 7.46. The molecule has 1 amide bonds. The van der Waals surface area contributed by atoms with Gasteiger partial charge in [-0.1, -0.05) is 36.4 Å². The first-order chi connectivity index (χ1) is 10.6. The van der Waals surface area contributed by atoms with Crippen LogP contribution in [0, 0.1) is 0 Å². The van der Waals surface area contributed by atoms with E-state index in [2.05, 4.69) is 10.3 Å². The van der Waals surface area contributed by atoms with E-state index < -0.39 is 5.41 Å². The lowest BCUT2D eigenvalue weighted by atomic mass is 9.84. The molecule has 22 heavy (non-hydrogen) atoms. The summed E-state index contributed by atoms with van der Waals surface area (Å²) >= 11 is 0. The largest absolute Gasteiger partial charge is 0.478 e. The number of amides is 1. The van der Waals surface area contributed by atoms with Gasteiger partial charge in [0.2, 0.25) is 11.8 Å². The molecule has 0 aliphatic heterocycles. The van der Waals surface area contributed by atoms with Crippen LogP contribution in [0.25, 0.3) is 0 Å². The zero-order valence-electron chi connectivity index (χ0n) is 13.3. The van der Waals surface area contributed by atoms with Gasteiger partial charge in [0, 0.05) is 18.3 Å². The summed E-state index contributed by atoms with van der Waals surface area (Å²) in [5.41, 5.74) is 1.28. The average molecular weight is 298 g/mol. The third-order valence-electron chi connectivity index (χ3n) is 3.63. The summed E-state index contributed by atoms with van der Waals surface area (Å²) in [7, 11) is 0. The van der Waals surface area contributed by atoms with Crippen molar-refractivity contribution in [2.24, 2.45) is 0 Å². The van der Waals surface area contributed by atoms with Gasteiger partial charge >= 0.3 is 0 Å². The molecular weight excluding hydrogens is 276 g/mol. The second-order valence-corrected chi connectivity index (χ2v) is 5.57. The number of rotatable bonds is 6. The molecule has 116 valence electrons. The molecule has 0 fully saturated rings. The highest BCUT2D eigenvalue weighted by Gasteiger charge is 2.29. The Morgan fingerprint density at radius 3 is 2.59 bits per heavy atom. The van der Waals surface area contributed by atoms with Gasteiger partial charge in [-0.3, -0.25) is 4.79 Å². The summed E-state index contributed by atoms with van der Waals surface area (Å²) in [4.78, 5) is 16.7. The van der Waals surface area contributed by atoms with Crippen LogP contribution in [0.4, 0.5) is 0 Å². The normalized spacial score (nSPS) is 11.0. The van der Waals surface area contributed by atoms with E-state index in [9.17, 15) is 4.79 Å². The predicted molar refractivity (Wildman–Crippen MR) is 86.7 cm³/mol. The lowest BCUT2D eigenvalue weighted by molar-refractivity contribution is -0.125. The molecule has 1 aromatic carbocycles. The zero-order chi connectivity index (χ0) is 16.0. The van der Waals surface area contributed by atoms with E-state index in [4.69, 9.17) is 4.74 Å². The number of nitrogens with one attached hydrogen (secondary N) is 1. The highest BCUT2D eigenvalue weighted by molar-refractivity contribution is 5.87. The molecule has 4 nitrogen and oxygen atoms in total. The van der Waals surface area contributed by atoms with E-state index in [1.807, 2.05) is 63.2 Å². The van der Waals surface area contributed by atoms with Gasteiger partial charge in [-0.05, 0) is 32.4 Å². The molecular formula is C18H22N2O2. The van der Waals surface area contributed by atoms with Gasteiger partial charge in [0.25, 0.3) is 0 Å². The molecule has 1 heterocycles. The van der Waals surface area contributed by atoms with E-state index in [0.29, 0.717) is 19.0 Å². The number of hydrogen-bond donors (Lipinski definition) is 1. The van der Waals surface area contributed by atoms with Crippen LogP contribution in [0.15, 0.2) is 48.7 Å². The van der Waals surface area contributed by atoms with Gasteiger partial charge in [-0.25, -0.2) is 4.98 Å². The van der Waals surface area contributed by atoms with Crippen molar-refractivity contribution in [1.82, 2.24) is 10.3 Å². The van der Waals surface area contributed by atoms with E-state index in [1.54, 1.807) is 6.20 Å². The van der Waals surface area contributed by atoms with Crippen LogP contribution in [-0.2, 0) is 16.8 Å². The summed E-state index contributed by atoms with van der Waals surface area (Å²) < 4.78 is 5.48. The lowest BCUT2D eigenvalue weighted by Gasteiger charge is -2.24. The number of carbonyl (C=O) groups is 1. The van der Waals surface area contributed by atoms with Crippen molar-refractivity contribution in [3.63, 3.8) is 0 Å². The smallest absolute Gasteiger partial charge is 0.230 e. The molecule has 0 unspecified atom stereocenters. The maximum atomic E-state index is 12.5. The van der Waals surface area contributed by atoms with E-state index >= 15 is 0 Å². The number of hydrogen-bond acceptors (Lipinski definition) is 3. The Morgan fingerprint density at radius 1 is 1.18 bits per heavy atom. The van der Waals surface area contributed by atoms with Crippen LogP contribution in [0.3, 0.4) is 0 Å². The minimum atomic E-state index is -0.588. The maximum absolute atomic E-state index is 12.5. The van der Waals surface area contributed by atoms with E-state index in [1.165, 1.54) is 0 Å². The van der Waals surface area contributed by atoms with Crippen molar-refractivity contribution in [1.29, 1.82) is 0 Å². The van der Waals surface area contributed by atoms with Crippen LogP contribution in [0.5, 0.6) is 5.88 Å². The maximum Gasteiger partial charge on any atom is 0.230 e. The fourth-order valence-electron chi connectivity index (χ4n) is 2.21. The Balaban J connectivity index is 2.07. The Labute approximate surface area is 131 Å². The molecule has 4 heteroatoms. The minimum Gasteiger partial charge on any atom is -0.478 e. The highest BCUT2D eigenvalue weighted by Crippen LogP contribution is 2.23. The van der Waals surface area contributed by atoms with Crippen molar-refractivity contribution in [3.8, 4) is 5.88 Å². The lowest BCUT2D eigenvalue weighted by Crippen LogP contribution is -2.39. The molecule has 0 aliphatic carbocycles. The van der Waals surface area contributed by atoms with E-state index in [-0.39, 0.29) is 5.91 Å². The zero-order valence-corrected chi connectivity index (χ0v) is 13.3. The van der Waals surface area contributed by atoms with Crippen LogP contribution < -0.4 is 10.1 Å². The Morgan fingerprint density at radius 2 is 1.91 bits per heavy atom. The SMILES string of the molecule is CCOc1ncccc1CNC(=O)C(C)(C)c1ccccc1. The second-order valence-electron chi connectivity index (χ2n) is 5.57. The molecule has 0 radical (unpaired) electrons. The fourth-order valence-corrected chi connectivity index (χ4v) is 2.21. The monoisotopic (exact) mass is 298 g/mol. The summed E-state index contributed by atoms with van der Waals surface area (Å²) in [5, 5.41) is 2.98. The van der Waals surface area contributed by atoms with Gasteiger partial charge in [0.15, 0.2) is 0 Å². The van der Waals surface area contributed by atoms with Crippen LogP contribution >= 0.6 is 0 Å². The minimum absolute atomic E-state index is 0.0231. The number of nitrogens with zero attached hydrogens (tertiary/aromatic N) is 1. The fraction of sp³-hybridized carbons (Fsp3) is 0.333. The van der Waals surface area contributed by atoms with Crippen molar-refractivity contribution in [3.05, 3.63) is 59.8 Å². The molecule has 0 atom stereocenters. The second kappa shape index (κ2) is 7.07. The van der Waals surface area contributed by atoms with Crippen LogP contribution in [0.1, 0.15) is 31.9 Å². The molecule has 1 N–H and O–H groups in total. The van der Waals surface area contributed by atoms with Crippen molar-refractivity contribution in [2.75, 3.05) is 6.61 Å². The number of benzene rings is 1. The van der Waals surface area contributed by atoms with Gasteiger partial charge in [0.1, 0.15) is 0 Å². The first kappa shape index (κ1) is 16.0. The summed E-state index contributed by atoms with van der Waals surface area (Å²) in [6.45, 7) is 6.70. The van der Waals surface area contributed by atoms with Gasteiger partial charge in [-0.15, -0.1) is 0 Å². The van der Waals surface area contributed by atoms with E-state index in [0.717, 1.165) is 11.1 Å². The number of ether oxygens (including phenoxy) is 1. The molecule has 2 rings (SSSR count). The quantitative estimate of drug-likeness (QED) is 0.891. The highest BCUT2D eigenvalue weighted by atomic mass is 16.5. The predicted octanol–water partition coefficient (Wildman–Crippen LogP) is 3.07. The standard InChI is InChI=1S/C18H22N2O2/c1-4-22-16-14(9-8-12-19-16)13-20-17(21)18(2,3)15-10-6-5-7-11-15/h5-12H,4,13H2,1-3H3,(H,20,21). The van der Waals surface area contributed by atoms with Gasteiger partial charge in [0.05, 0.1) is 12.0 Å². The molecule has 0 bridgehead atoms.